The second kappa shape index (κ2) is 8.53. The minimum atomic E-state index is -0.541. The number of nitrogens with one attached hydrogen (secondary N) is 1. The monoisotopic (exact) mass is 433 g/mol. The van der Waals surface area contributed by atoms with Gasteiger partial charge in [-0.25, -0.2) is 9.78 Å². The Morgan fingerprint density at radius 3 is 2.58 bits per heavy atom. The van der Waals surface area contributed by atoms with Crippen molar-refractivity contribution in [2.24, 2.45) is 0 Å². The summed E-state index contributed by atoms with van der Waals surface area (Å²) in [7, 11) is 0. The van der Waals surface area contributed by atoms with Gasteiger partial charge in [0.05, 0.1) is 11.3 Å². The SMILES string of the molecule is Cc1cccc(C(=O)Nc2ccc(C(=O)OCc3cc(=O)n4cc(C)sc4n3)cc2)c1. The highest BCUT2D eigenvalue weighted by Gasteiger charge is 2.11. The third-order valence-corrected chi connectivity index (χ3v) is 5.44. The molecule has 1 amide bonds. The van der Waals surface area contributed by atoms with E-state index in [0.29, 0.717) is 27.5 Å². The normalized spacial score (nSPS) is 10.8. The lowest BCUT2D eigenvalue weighted by Crippen LogP contribution is -2.15. The molecule has 2 aromatic heterocycles. The fourth-order valence-corrected chi connectivity index (χ4v) is 3.88. The van der Waals surface area contributed by atoms with Crippen LogP contribution in [0, 0.1) is 13.8 Å². The smallest absolute Gasteiger partial charge is 0.338 e. The predicted octanol–water partition coefficient (Wildman–Crippen LogP) is 3.98. The summed E-state index contributed by atoms with van der Waals surface area (Å²) < 4.78 is 6.76. The van der Waals surface area contributed by atoms with Crippen molar-refractivity contribution in [1.82, 2.24) is 9.38 Å². The van der Waals surface area contributed by atoms with E-state index in [4.69, 9.17) is 4.74 Å². The lowest BCUT2D eigenvalue weighted by Gasteiger charge is -2.08. The molecule has 0 atom stereocenters. The first-order valence-electron chi connectivity index (χ1n) is 9.53. The molecule has 0 bridgehead atoms. The van der Waals surface area contributed by atoms with Gasteiger partial charge in [-0.05, 0) is 50.2 Å². The molecule has 8 heteroatoms. The van der Waals surface area contributed by atoms with Crippen molar-refractivity contribution in [3.05, 3.63) is 98.4 Å². The maximum atomic E-state index is 12.3. The number of rotatable bonds is 5. The van der Waals surface area contributed by atoms with Crippen LogP contribution in [0.3, 0.4) is 0 Å². The zero-order valence-corrected chi connectivity index (χ0v) is 17.7. The van der Waals surface area contributed by atoms with Crippen molar-refractivity contribution < 1.29 is 14.3 Å². The van der Waals surface area contributed by atoms with Crippen LogP contribution >= 0.6 is 11.3 Å². The lowest BCUT2D eigenvalue weighted by atomic mass is 10.1. The molecular formula is C23H19N3O4S. The Kier molecular flexibility index (Phi) is 5.64. The van der Waals surface area contributed by atoms with E-state index in [1.807, 2.05) is 26.0 Å². The van der Waals surface area contributed by atoms with Gasteiger partial charge >= 0.3 is 5.97 Å². The number of hydrogen-bond acceptors (Lipinski definition) is 6. The number of hydrogen-bond donors (Lipinski definition) is 1. The zero-order valence-electron chi connectivity index (χ0n) is 16.9. The summed E-state index contributed by atoms with van der Waals surface area (Å²) >= 11 is 1.39. The standard InChI is InChI=1S/C23H19N3O4S/c1-14-4-3-5-17(10-14)21(28)24-18-8-6-16(7-9-18)22(29)30-13-19-11-20(27)26-12-15(2)31-23(26)25-19/h3-12H,13H2,1-2H3,(H,24,28). The van der Waals surface area contributed by atoms with E-state index < -0.39 is 5.97 Å². The highest BCUT2D eigenvalue weighted by Crippen LogP contribution is 2.15. The molecule has 0 aliphatic rings. The highest BCUT2D eigenvalue weighted by molar-refractivity contribution is 7.16. The summed E-state index contributed by atoms with van der Waals surface area (Å²) in [6, 6.07) is 15.1. The molecule has 1 N–H and O–H groups in total. The minimum Gasteiger partial charge on any atom is -0.456 e. The highest BCUT2D eigenvalue weighted by atomic mass is 32.1. The van der Waals surface area contributed by atoms with E-state index in [2.05, 4.69) is 10.3 Å². The van der Waals surface area contributed by atoms with E-state index in [1.54, 1.807) is 42.6 Å². The molecule has 4 aromatic rings. The lowest BCUT2D eigenvalue weighted by molar-refractivity contribution is 0.0467. The summed E-state index contributed by atoms with van der Waals surface area (Å²) in [5.41, 5.74) is 2.63. The predicted molar refractivity (Wildman–Crippen MR) is 119 cm³/mol. The van der Waals surface area contributed by atoms with Crippen LogP contribution in [0.2, 0.25) is 0 Å². The van der Waals surface area contributed by atoms with E-state index in [0.717, 1.165) is 10.4 Å². The van der Waals surface area contributed by atoms with Gasteiger partial charge < -0.3 is 10.1 Å². The molecule has 0 saturated heterocycles. The van der Waals surface area contributed by atoms with Gasteiger partial charge in [-0.2, -0.15) is 0 Å². The van der Waals surface area contributed by atoms with Crippen molar-refractivity contribution >= 4 is 33.9 Å². The molecule has 0 aliphatic carbocycles. The molecule has 0 aliphatic heterocycles. The van der Waals surface area contributed by atoms with Gasteiger partial charge in [0.15, 0.2) is 4.96 Å². The Morgan fingerprint density at radius 1 is 1.06 bits per heavy atom. The summed E-state index contributed by atoms with van der Waals surface area (Å²) in [6.45, 7) is 3.71. The Bertz CT molecular complexity index is 1340. The van der Waals surface area contributed by atoms with E-state index >= 15 is 0 Å². The summed E-state index contributed by atoms with van der Waals surface area (Å²) in [4.78, 5) is 42.7. The number of carbonyl (C=O) groups excluding carboxylic acids is 2. The molecule has 0 saturated carbocycles. The Labute approximate surface area is 182 Å². The van der Waals surface area contributed by atoms with Crippen LogP contribution < -0.4 is 10.9 Å². The summed E-state index contributed by atoms with van der Waals surface area (Å²) in [5.74, 6) is -0.767. The number of anilines is 1. The van der Waals surface area contributed by atoms with Crippen molar-refractivity contribution in [3.8, 4) is 0 Å². The summed E-state index contributed by atoms with van der Waals surface area (Å²) in [6.07, 6.45) is 1.73. The van der Waals surface area contributed by atoms with Crippen molar-refractivity contribution in [2.75, 3.05) is 5.32 Å². The molecule has 31 heavy (non-hydrogen) atoms. The summed E-state index contributed by atoms with van der Waals surface area (Å²) in [5, 5.41) is 2.80. The first-order valence-corrected chi connectivity index (χ1v) is 10.3. The third-order valence-electron chi connectivity index (χ3n) is 4.55. The zero-order chi connectivity index (χ0) is 22.0. The van der Waals surface area contributed by atoms with Crippen molar-refractivity contribution in [2.45, 2.75) is 20.5 Å². The van der Waals surface area contributed by atoms with Gasteiger partial charge in [-0.3, -0.25) is 14.0 Å². The second-order valence-corrected chi connectivity index (χ2v) is 8.27. The molecule has 0 spiro atoms. The van der Waals surface area contributed by atoms with Crippen molar-refractivity contribution in [1.29, 1.82) is 0 Å². The first kappa shape index (κ1) is 20.5. The van der Waals surface area contributed by atoms with Gasteiger partial charge in [0, 0.05) is 28.4 Å². The minimum absolute atomic E-state index is 0.104. The van der Waals surface area contributed by atoms with Crippen LogP contribution in [-0.2, 0) is 11.3 Å². The third kappa shape index (κ3) is 4.70. The Hall–Kier alpha value is -3.78. The number of amides is 1. The second-order valence-electron chi connectivity index (χ2n) is 7.06. The van der Waals surface area contributed by atoms with Crippen LogP contribution in [-0.4, -0.2) is 21.3 Å². The number of esters is 1. The van der Waals surface area contributed by atoms with Crippen LogP contribution in [0.1, 0.15) is 36.9 Å². The maximum absolute atomic E-state index is 12.3. The largest absolute Gasteiger partial charge is 0.456 e. The first-order chi connectivity index (χ1) is 14.9. The van der Waals surface area contributed by atoms with Crippen LogP contribution in [0.4, 0.5) is 5.69 Å². The van der Waals surface area contributed by atoms with Crippen LogP contribution in [0.5, 0.6) is 0 Å². The average Bonchev–Trinajstić information content (AvgIpc) is 3.13. The number of nitrogens with zero attached hydrogens (tertiary/aromatic N) is 2. The van der Waals surface area contributed by atoms with E-state index in [-0.39, 0.29) is 18.1 Å². The number of ether oxygens (including phenoxy) is 1. The quantitative estimate of drug-likeness (QED) is 0.481. The molecule has 2 aromatic carbocycles. The van der Waals surface area contributed by atoms with Crippen LogP contribution in [0.15, 0.2) is 65.6 Å². The van der Waals surface area contributed by atoms with Gasteiger partial charge in [-0.1, -0.05) is 17.7 Å². The molecule has 0 unspecified atom stereocenters. The number of aromatic nitrogens is 2. The van der Waals surface area contributed by atoms with E-state index in [9.17, 15) is 14.4 Å². The number of aryl methyl sites for hydroxylation is 2. The maximum Gasteiger partial charge on any atom is 0.338 e. The van der Waals surface area contributed by atoms with Crippen LogP contribution in [0.25, 0.3) is 4.96 Å². The molecule has 156 valence electrons. The number of benzene rings is 2. The van der Waals surface area contributed by atoms with Crippen molar-refractivity contribution in [3.63, 3.8) is 0 Å². The Balaban J connectivity index is 1.39. The van der Waals surface area contributed by atoms with Gasteiger partial charge in [0.25, 0.3) is 11.5 Å². The molecule has 4 rings (SSSR count). The average molecular weight is 433 g/mol. The fourth-order valence-electron chi connectivity index (χ4n) is 3.03. The molecular weight excluding hydrogens is 414 g/mol. The number of carbonyl (C=O) groups is 2. The number of thiazole rings is 1. The fraction of sp³-hybridized carbons (Fsp3) is 0.130. The Morgan fingerprint density at radius 2 is 1.84 bits per heavy atom. The molecule has 2 heterocycles. The topological polar surface area (TPSA) is 89.8 Å². The van der Waals surface area contributed by atoms with Gasteiger partial charge in [-0.15, -0.1) is 11.3 Å². The van der Waals surface area contributed by atoms with Gasteiger partial charge in [0.2, 0.25) is 0 Å². The molecule has 0 radical (unpaired) electrons. The molecule has 0 fully saturated rings. The molecule has 7 nitrogen and oxygen atoms in total. The number of fused-ring (bicyclic) bond motifs is 1. The van der Waals surface area contributed by atoms with E-state index in [1.165, 1.54) is 21.8 Å². The van der Waals surface area contributed by atoms with Gasteiger partial charge in [0.1, 0.15) is 6.61 Å².